The van der Waals surface area contributed by atoms with Gasteiger partial charge in [-0.1, -0.05) is 43.1 Å². The first-order valence-electron chi connectivity index (χ1n) is 12.0. The first kappa shape index (κ1) is 25.4. The molecule has 5 nitrogen and oxygen atoms in total. The maximum absolute atomic E-state index is 13.5. The molecular weight excluding hydrogens is 478 g/mol. The van der Waals surface area contributed by atoms with Crippen molar-refractivity contribution in [1.29, 1.82) is 0 Å². The molecule has 7 heteroatoms. The summed E-state index contributed by atoms with van der Waals surface area (Å²) in [6.45, 7) is 13.8. The molecule has 0 aliphatic carbocycles. The molecule has 2 aromatic rings. The van der Waals surface area contributed by atoms with Gasteiger partial charge in [-0.25, -0.2) is 0 Å². The number of halogens is 1. The lowest BCUT2D eigenvalue weighted by Gasteiger charge is -2.47. The van der Waals surface area contributed by atoms with Gasteiger partial charge in [-0.2, -0.15) is 0 Å². The number of nitrogens with one attached hydrogen (secondary N) is 1. The Labute approximate surface area is 218 Å². The maximum Gasteiger partial charge on any atom is 0.270 e. The summed E-state index contributed by atoms with van der Waals surface area (Å²) in [4.78, 5) is 30.2. The van der Waals surface area contributed by atoms with Crippen molar-refractivity contribution in [1.82, 2.24) is 5.32 Å². The first-order chi connectivity index (χ1) is 16.4. The second-order valence-corrected chi connectivity index (χ2v) is 11.0. The third-order valence-electron chi connectivity index (χ3n) is 6.95. The number of fused-ring (bicyclic) bond motifs is 1. The van der Waals surface area contributed by atoms with Crippen molar-refractivity contribution in [2.45, 2.75) is 65.8 Å². The largest absolute Gasteiger partial charge is 0.366 e. The molecule has 0 aromatic heterocycles. The summed E-state index contributed by atoms with van der Waals surface area (Å²) >= 11 is 12.1. The molecule has 1 atom stereocenters. The van der Waals surface area contributed by atoms with Crippen molar-refractivity contribution >= 4 is 58.2 Å². The number of carbonyl (C=O) groups is 2. The predicted molar refractivity (Wildman–Crippen MR) is 148 cm³/mol. The van der Waals surface area contributed by atoms with Crippen LogP contribution in [0, 0.1) is 13.8 Å². The van der Waals surface area contributed by atoms with Crippen LogP contribution in [0.2, 0.25) is 5.02 Å². The smallest absolute Gasteiger partial charge is 0.270 e. The lowest BCUT2D eigenvalue weighted by Crippen LogP contribution is -2.54. The zero-order valence-electron chi connectivity index (χ0n) is 21.2. The van der Waals surface area contributed by atoms with Gasteiger partial charge in [0.25, 0.3) is 11.8 Å². The summed E-state index contributed by atoms with van der Waals surface area (Å²) < 4.78 is 0. The number of nitrogens with zero attached hydrogens (tertiary/aromatic N) is 2. The molecule has 2 aliphatic rings. The summed E-state index contributed by atoms with van der Waals surface area (Å²) in [5, 5.41) is 3.26. The Morgan fingerprint density at radius 1 is 1.17 bits per heavy atom. The van der Waals surface area contributed by atoms with Crippen LogP contribution in [-0.2, 0) is 9.59 Å². The van der Waals surface area contributed by atoms with Crippen molar-refractivity contribution in [2.24, 2.45) is 0 Å². The van der Waals surface area contributed by atoms with Crippen LogP contribution in [0.1, 0.15) is 68.7 Å². The van der Waals surface area contributed by atoms with Crippen molar-refractivity contribution in [2.75, 3.05) is 16.3 Å². The van der Waals surface area contributed by atoms with Crippen LogP contribution < -0.4 is 15.1 Å². The molecule has 0 bridgehead atoms. The maximum atomic E-state index is 13.5. The minimum Gasteiger partial charge on any atom is -0.366 e. The number of hydrogen-bond donors (Lipinski definition) is 1. The SMILES string of the molecule is CCCN1c2cc(Cl)c(/C=C3/C(=O)NC(=S)N(c4ccc(C)cc4C)C3=O)cc2C(C)CC1(C)C. The number of benzene rings is 2. The van der Waals surface area contributed by atoms with Crippen molar-refractivity contribution in [3.05, 3.63) is 63.2 Å². The van der Waals surface area contributed by atoms with Crippen LogP contribution >= 0.6 is 23.8 Å². The Morgan fingerprint density at radius 3 is 2.54 bits per heavy atom. The van der Waals surface area contributed by atoms with E-state index in [2.05, 4.69) is 37.9 Å². The van der Waals surface area contributed by atoms with E-state index in [1.165, 1.54) is 10.5 Å². The normalized spacial score (nSPS) is 20.8. The van der Waals surface area contributed by atoms with Crippen LogP contribution in [0.3, 0.4) is 0 Å². The molecule has 35 heavy (non-hydrogen) atoms. The fraction of sp³-hybridized carbons (Fsp3) is 0.393. The fourth-order valence-corrected chi connectivity index (χ4v) is 5.85. The van der Waals surface area contributed by atoms with Gasteiger partial charge in [0.15, 0.2) is 5.11 Å². The summed E-state index contributed by atoms with van der Waals surface area (Å²) in [6, 6.07) is 9.76. The lowest BCUT2D eigenvalue weighted by atomic mass is 9.79. The molecule has 2 heterocycles. The fourth-order valence-electron chi connectivity index (χ4n) is 5.37. The molecule has 0 radical (unpaired) electrons. The number of amides is 2. The highest BCUT2D eigenvalue weighted by atomic mass is 35.5. The zero-order chi connectivity index (χ0) is 25.7. The van der Waals surface area contributed by atoms with Crippen molar-refractivity contribution < 1.29 is 9.59 Å². The number of anilines is 2. The highest BCUT2D eigenvalue weighted by molar-refractivity contribution is 7.80. The minimum absolute atomic E-state index is 0.00892. The van der Waals surface area contributed by atoms with E-state index in [4.69, 9.17) is 23.8 Å². The Bertz CT molecular complexity index is 1270. The van der Waals surface area contributed by atoms with Gasteiger partial charge in [-0.15, -0.1) is 0 Å². The van der Waals surface area contributed by atoms with E-state index in [9.17, 15) is 9.59 Å². The summed E-state index contributed by atoms with van der Waals surface area (Å²) in [7, 11) is 0. The van der Waals surface area contributed by atoms with E-state index < -0.39 is 11.8 Å². The number of aryl methyl sites for hydroxylation is 2. The molecule has 1 unspecified atom stereocenters. The van der Waals surface area contributed by atoms with Gasteiger partial charge < -0.3 is 4.90 Å². The topological polar surface area (TPSA) is 52.7 Å². The van der Waals surface area contributed by atoms with E-state index in [1.807, 2.05) is 44.2 Å². The third kappa shape index (κ3) is 4.62. The van der Waals surface area contributed by atoms with E-state index in [-0.39, 0.29) is 16.2 Å². The molecule has 0 saturated carbocycles. The second kappa shape index (κ2) is 9.40. The summed E-state index contributed by atoms with van der Waals surface area (Å²) in [5.74, 6) is -0.657. The van der Waals surface area contributed by atoms with Gasteiger partial charge in [0.2, 0.25) is 0 Å². The van der Waals surface area contributed by atoms with E-state index in [0.29, 0.717) is 22.2 Å². The molecule has 4 rings (SSSR count). The van der Waals surface area contributed by atoms with E-state index >= 15 is 0 Å². The van der Waals surface area contributed by atoms with Crippen LogP contribution in [0.15, 0.2) is 35.9 Å². The van der Waals surface area contributed by atoms with Crippen LogP contribution in [0.4, 0.5) is 11.4 Å². The Kier molecular flexibility index (Phi) is 6.82. The van der Waals surface area contributed by atoms with Crippen LogP contribution in [0.25, 0.3) is 6.08 Å². The number of carbonyl (C=O) groups excluding carboxylic acids is 2. The molecule has 1 N–H and O–H groups in total. The molecule has 0 spiro atoms. The molecule has 2 aromatic carbocycles. The minimum atomic E-state index is -0.517. The first-order valence-corrected chi connectivity index (χ1v) is 12.8. The second-order valence-electron chi connectivity index (χ2n) is 10.2. The van der Waals surface area contributed by atoms with Gasteiger partial charge in [0.05, 0.1) is 5.69 Å². The van der Waals surface area contributed by atoms with Gasteiger partial charge >= 0.3 is 0 Å². The van der Waals surface area contributed by atoms with Gasteiger partial charge in [-0.3, -0.25) is 19.8 Å². The lowest BCUT2D eigenvalue weighted by molar-refractivity contribution is -0.122. The zero-order valence-corrected chi connectivity index (χ0v) is 22.7. The van der Waals surface area contributed by atoms with E-state index in [1.54, 1.807) is 6.08 Å². The predicted octanol–water partition coefficient (Wildman–Crippen LogP) is 6.29. The molecule has 2 aliphatic heterocycles. The third-order valence-corrected chi connectivity index (χ3v) is 7.56. The van der Waals surface area contributed by atoms with Crippen LogP contribution in [0.5, 0.6) is 0 Å². The van der Waals surface area contributed by atoms with Gasteiger partial charge in [-0.05, 0) is 99.6 Å². The average molecular weight is 510 g/mol. The Balaban J connectivity index is 1.78. The van der Waals surface area contributed by atoms with Gasteiger partial charge in [0.1, 0.15) is 5.57 Å². The summed E-state index contributed by atoms with van der Waals surface area (Å²) in [6.07, 6.45) is 3.63. The molecule has 1 saturated heterocycles. The molecule has 2 amide bonds. The Hall–Kier alpha value is -2.70. The summed E-state index contributed by atoms with van der Waals surface area (Å²) in [5.41, 5.74) is 5.62. The average Bonchev–Trinajstić information content (AvgIpc) is 2.75. The number of hydrogen-bond acceptors (Lipinski definition) is 4. The number of thiocarbonyl (C=S) groups is 1. The highest BCUT2D eigenvalue weighted by Crippen LogP contribution is 2.45. The molecule has 1 fully saturated rings. The van der Waals surface area contributed by atoms with Crippen molar-refractivity contribution in [3.8, 4) is 0 Å². The Morgan fingerprint density at radius 2 is 1.89 bits per heavy atom. The standard InChI is InChI=1S/C28H32ClN3O2S/c1-7-10-31-24-14-22(29)19(12-20(24)18(4)15-28(31,5)6)13-21-25(33)30-27(35)32(26(21)34)23-9-8-16(2)11-17(23)3/h8-9,11-14,18H,7,10,15H2,1-6H3,(H,30,33,35)/b21-13-. The van der Waals surface area contributed by atoms with E-state index in [0.717, 1.165) is 36.2 Å². The van der Waals surface area contributed by atoms with Crippen molar-refractivity contribution in [3.63, 3.8) is 0 Å². The van der Waals surface area contributed by atoms with Crippen LogP contribution in [-0.4, -0.2) is 29.0 Å². The number of rotatable bonds is 4. The van der Waals surface area contributed by atoms with Gasteiger partial charge in [0, 0.05) is 22.8 Å². The monoisotopic (exact) mass is 509 g/mol. The highest BCUT2D eigenvalue weighted by Gasteiger charge is 2.38. The quantitative estimate of drug-likeness (QED) is 0.299. The molecular formula is C28H32ClN3O2S. The molecule has 184 valence electrons.